The molecule has 1 aliphatic rings. The van der Waals surface area contributed by atoms with E-state index in [4.69, 9.17) is 21.4 Å². The normalized spacial score (nSPS) is 15.2. The highest BCUT2D eigenvalue weighted by Gasteiger charge is 2.26. The Balaban J connectivity index is 1.24. The predicted molar refractivity (Wildman–Crippen MR) is 152 cm³/mol. The fourth-order valence-corrected chi connectivity index (χ4v) is 5.13. The minimum Gasteiger partial charge on any atom is -0.492 e. The van der Waals surface area contributed by atoms with Crippen LogP contribution in [0.4, 0.5) is 0 Å². The highest BCUT2D eigenvalue weighted by atomic mass is 35.5. The van der Waals surface area contributed by atoms with Gasteiger partial charge in [-0.2, -0.15) is 0 Å². The molecule has 1 saturated heterocycles. The minimum atomic E-state index is -0.938. The van der Waals surface area contributed by atoms with Gasteiger partial charge in [-0.25, -0.2) is 4.79 Å². The van der Waals surface area contributed by atoms with Gasteiger partial charge in [0.15, 0.2) is 0 Å². The second-order valence-corrected chi connectivity index (χ2v) is 9.98. The van der Waals surface area contributed by atoms with Gasteiger partial charge in [0.05, 0.1) is 11.6 Å². The van der Waals surface area contributed by atoms with Crippen molar-refractivity contribution in [3.05, 3.63) is 125 Å². The molecule has 1 heterocycles. The van der Waals surface area contributed by atoms with Gasteiger partial charge in [-0.05, 0) is 58.7 Å². The summed E-state index contributed by atoms with van der Waals surface area (Å²) in [5.74, 6) is -0.263. The average molecular weight is 527 g/mol. The second-order valence-electron chi connectivity index (χ2n) is 9.54. The Hall–Kier alpha value is -3.64. The van der Waals surface area contributed by atoms with Gasteiger partial charge >= 0.3 is 5.97 Å². The Kier molecular flexibility index (Phi) is 8.39. The molecular formula is C32H31ClN2O3. The zero-order valence-corrected chi connectivity index (χ0v) is 21.9. The van der Waals surface area contributed by atoms with E-state index < -0.39 is 5.97 Å². The molecule has 0 bridgehead atoms. The van der Waals surface area contributed by atoms with Gasteiger partial charge in [0, 0.05) is 37.7 Å². The van der Waals surface area contributed by atoms with E-state index >= 15 is 0 Å². The molecule has 0 spiro atoms. The number of carboxylic acid groups (broad SMARTS) is 1. The number of carboxylic acids is 1. The SMILES string of the molecule is O=C(O)c1ccc(OCC(c2ccccc2)N2CCN(Cc3ccccc3-c3ccc(Cl)cc3)CC2)cc1. The van der Waals surface area contributed by atoms with Crippen molar-refractivity contribution in [2.75, 3.05) is 32.8 Å². The predicted octanol–water partition coefficient (Wildman–Crippen LogP) is 6.64. The number of carbonyl (C=O) groups is 1. The summed E-state index contributed by atoms with van der Waals surface area (Å²) in [7, 11) is 0. The van der Waals surface area contributed by atoms with Crippen molar-refractivity contribution >= 4 is 17.6 Å². The number of hydrogen-bond donors (Lipinski definition) is 1. The zero-order chi connectivity index (χ0) is 26.3. The molecule has 5 nitrogen and oxygen atoms in total. The van der Waals surface area contributed by atoms with E-state index in [9.17, 15) is 4.79 Å². The van der Waals surface area contributed by atoms with Crippen molar-refractivity contribution in [2.24, 2.45) is 0 Å². The van der Waals surface area contributed by atoms with Crippen LogP contribution < -0.4 is 4.74 Å². The molecule has 194 valence electrons. The molecule has 1 unspecified atom stereocenters. The van der Waals surface area contributed by atoms with Gasteiger partial charge in [-0.15, -0.1) is 0 Å². The Morgan fingerprint density at radius 1 is 0.816 bits per heavy atom. The van der Waals surface area contributed by atoms with Crippen LogP contribution in [0.5, 0.6) is 5.75 Å². The molecule has 6 heteroatoms. The summed E-state index contributed by atoms with van der Waals surface area (Å²) in [6.45, 7) is 5.19. The largest absolute Gasteiger partial charge is 0.492 e. The maximum Gasteiger partial charge on any atom is 0.335 e. The van der Waals surface area contributed by atoms with Gasteiger partial charge in [0.1, 0.15) is 12.4 Å². The summed E-state index contributed by atoms with van der Waals surface area (Å²) in [6.07, 6.45) is 0. The molecule has 1 fully saturated rings. The summed E-state index contributed by atoms with van der Waals surface area (Å²) in [5, 5.41) is 9.90. The highest BCUT2D eigenvalue weighted by Crippen LogP contribution is 2.28. The maximum absolute atomic E-state index is 11.2. The van der Waals surface area contributed by atoms with Crippen LogP contribution >= 0.6 is 11.6 Å². The van der Waals surface area contributed by atoms with Gasteiger partial charge in [-0.3, -0.25) is 9.80 Å². The van der Waals surface area contributed by atoms with Crippen molar-refractivity contribution in [1.82, 2.24) is 9.80 Å². The topological polar surface area (TPSA) is 53.0 Å². The molecule has 4 aromatic rings. The van der Waals surface area contributed by atoms with Crippen LogP contribution in [0, 0.1) is 0 Å². The van der Waals surface area contributed by atoms with Crippen molar-refractivity contribution in [3.63, 3.8) is 0 Å². The molecule has 1 atom stereocenters. The van der Waals surface area contributed by atoms with E-state index in [1.165, 1.54) is 22.3 Å². The van der Waals surface area contributed by atoms with E-state index in [0.717, 1.165) is 37.7 Å². The Bertz CT molecular complexity index is 1340. The lowest BCUT2D eigenvalue weighted by Crippen LogP contribution is -2.48. The van der Waals surface area contributed by atoms with E-state index in [2.05, 4.69) is 70.5 Å². The molecule has 0 amide bonds. The number of hydrogen-bond acceptors (Lipinski definition) is 4. The molecule has 0 saturated carbocycles. The number of aromatic carboxylic acids is 1. The minimum absolute atomic E-state index is 0.110. The van der Waals surface area contributed by atoms with E-state index in [1.54, 1.807) is 24.3 Å². The average Bonchev–Trinajstić information content (AvgIpc) is 2.96. The van der Waals surface area contributed by atoms with Crippen molar-refractivity contribution in [2.45, 2.75) is 12.6 Å². The first-order valence-corrected chi connectivity index (χ1v) is 13.3. The number of piperazine rings is 1. The number of nitrogens with zero attached hydrogens (tertiary/aromatic N) is 2. The monoisotopic (exact) mass is 526 g/mol. The van der Waals surface area contributed by atoms with Crippen LogP contribution in [-0.4, -0.2) is 53.7 Å². The van der Waals surface area contributed by atoms with E-state index in [1.807, 2.05) is 18.2 Å². The van der Waals surface area contributed by atoms with Crippen LogP contribution in [-0.2, 0) is 6.54 Å². The van der Waals surface area contributed by atoms with Crippen molar-refractivity contribution in [3.8, 4) is 16.9 Å². The van der Waals surface area contributed by atoms with Gasteiger partial charge in [-0.1, -0.05) is 78.3 Å². The van der Waals surface area contributed by atoms with Crippen LogP contribution in [0.2, 0.25) is 5.02 Å². The quantitative estimate of drug-likeness (QED) is 0.265. The van der Waals surface area contributed by atoms with Gasteiger partial charge in [0.2, 0.25) is 0 Å². The van der Waals surface area contributed by atoms with Crippen molar-refractivity contribution in [1.29, 1.82) is 0 Å². The Labute approximate surface area is 228 Å². The molecule has 0 aromatic heterocycles. The summed E-state index contributed by atoms with van der Waals surface area (Å²) >= 11 is 6.11. The standard InChI is InChI=1S/C32H31ClN2O3/c33-28-14-10-24(11-15-28)30-9-5-4-8-27(30)22-34-18-20-35(21-19-34)31(25-6-2-1-3-7-25)23-38-29-16-12-26(13-17-29)32(36)37/h1-17,31H,18-23H2,(H,36,37). The maximum atomic E-state index is 11.2. The summed E-state index contributed by atoms with van der Waals surface area (Å²) < 4.78 is 6.15. The molecule has 1 aliphatic heterocycles. The van der Waals surface area contributed by atoms with Crippen LogP contribution in [0.25, 0.3) is 11.1 Å². The number of benzene rings is 4. The number of halogens is 1. The van der Waals surface area contributed by atoms with Crippen LogP contribution in [0.3, 0.4) is 0 Å². The van der Waals surface area contributed by atoms with Gasteiger partial charge in [0.25, 0.3) is 0 Å². The van der Waals surface area contributed by atoms with E-state index in [0.29, 0.717) is 12.4 Å². The van der Waals surface area contributed by atoms with E-state index in [-0.39, 0.29) is 11.6 Å². The first-order chi connectivity index (χ1) is 18.6. The number of rotatable bonds is 9. The highest BCUT2D eigenvalue weighted by molar-refractivity contribution is 6.30. The third-order valence-corrected chi connectivity index (χ3v) is 7.36. The third kappa shape index (κ3) is 6.43. The summed E-state index contributed by atoms with van der Waals surface area (Å²) in [5.41, 5.74) is 5.22. The zero-order valence-electron chi connectivity index (χ0n) is 21.2. The summed E-state index contributed by atoms with van der Waals surface area (Å²) in [4.78, 5) is 16.2. The number of ether oxygens (including phenoxy) is 1. The first kappa shape index (κ1) is 26.0. The molecule has 1 N–H and O–H groups in total. The molecule has 0 aliphatic carbocycles. The van der Waals surface area contributed by atoms with Crippen LogP contribution in [0.15, 0.2) is 103 Å². The smallest absolute Gasteiger partial charge is 0.335 e. The molecule has 5 rings (SSSR count). The molecule has 38 heavy (non-hydrogen) atoms. The first-order valence-electron chi connectivity index (χ1n) is 12.9. The lowest BCUT2D eigenvalue weighted by atomic mass is 9.99. The third-order valence-electron chi connectivity index (χ3n) is 7.11. The summed E-state index contributed by atoms with van der Waals surface area (Å²) in [6, 6.07) is 33.8. The fraction of sp³-hybridized carbons (Fsp3) is 0.219. The lowest BCUT2D eigenvalue weighted by molar-refractivity contribution is 0.0677. The Morgan fingerprint density at radius 2 is 1.47 bits per heavy atom. The second kappa shape index (κ2) is 12.3. The van der Waals surface area contributed by atoms with Gasteiger partial charge < -0.3 is 9.84 Å². The van der Waals surface area contributed by atoms with Crippen LogP contribution in [0.1, 0.15) is 27.5 Å². The van der Waals surface area contributed by atoms with Crippen molar-refractivity contribution < 1.29 is 14.6 Å². The molecule has 4 aromatic carbocycles. The lowest BCUT2D eigenvalue weighted by Gasteiger charge is -2.39. The fourth-order valence-electron chi connectivity index (χ4n) is 5.00. The Morgan fingerprint density at radius 3 is 2.16 bits per heavy atom. The molecular weight excluding hydrogens is 496 g/mol. The molecule has 0 radical (unpaired) electrons.